The maximum absolute atomic E-state index is 13.8. The Bertz CT molecular complexity index is 1080. The first kappa shape index (κ1) is 24.6. The van der Waals surface area contributed by atoms with E-state index in [-0.39, 0.29) is 23.5 Å². The van der Waals surface area contributed by atoms with Gasteiger partial charge in [0.05, 0.1) is 6.54 Å². The largest absolute Gasteiger partial charge is 0.355 e. The van der Waals surface area contributed by atoms with Crippen LogP contribution in [0.5, 0.6) is 0 Å². The lowest BCUT2D eigenvalue weighted by Gasteiger charge is -2.30. The van der Waals surface area contributed by atoms with E-state index in [1.165, 1.54) is 30.0 Å². The van der Waals surface area contributed by atoms with E-state index in [4.69, 9.17) is 16.1 Å². The lowest BCUT2D eigenvalue weighted by atomic mass is 9.96. The van der Waals surface area contributed by atoms with Crippen LogP contribution in [0.2, 0.25) is 5.02 Å². The zero-order chi connectivity index (χ0) is 23.9. The minimum atomic E-state index is -0.314. The van der Waals surface area contributed by atoms with Gasteiger partial charge in [-0.25, -0.2) is 8.78 Å². The van der Waals surface area contributed by atoms with Gasteiger partial charge >= 0.3 is 0 Å². The minimum absolute atomic E-state index is 0.0280. The molecule has 1 aliphatic heterocycles. The number of aromatic nitrogens is 2. The summed E-state index contributed by atoms with van der Waals surface area (Å²) in [6, 6.07) is 10.6. The fourth-order valence-corrected chi connectivity index (χ4v) is 5.01. The molecule has 0 radical (unpaired) electrons. The van der Waals surface area contributed by atoms with Crippen LogP contribution in [0.3, 0.4) is 0 Å². The zero-order valence-corrected chi connectivity index (χ0v) is 20.0. The van der Waals surface area contributed by atoms with Crippen LogP contribution in [0.4, 0.5) is 8.78 Å². The Hall–Kier alpha value is -2.49. The van der Waals surface area contributed by atoms with Gasteiger partial charge in [0, 0.05) is 40.1 Å². The van der Waals surface area contributed by atoms with Gasteiger partial charge in [0.15, 0.2) is 0 Å². The molecule has 34 heavy (non-hydrogen) atoms. The second kappa shape index (κ2) is 11.8. The SMILES string of the molecule is O=C(NCCSCc1c(F)cccc1Cl)C1CCN(Cc2nc(-c3ccc(F)cc3)no2)CC1. The highest BCUT2D eigenvalue weighted by atomic mass is 35.5. The lowest BCUT2D eigenvalue weighted by molar-refractivity contribution is -0.126. The number of hydrogen-bond donors (Lipinski definition) is 1. The molecule has 0 unspecified atom stereocenters. The Labute approximate surface area is 206 Å². The number of nitrogens with zero attached hydrogens (tertiary/aromatic N) is 3. The number of hydrogen-bond acceptors (Lipinski definition) is 6. The maximum Gasteiger partial charge on any atom is 0.241 e. The highest BCUT2D eigenvalue weighted by Crippen LogP contribution is 2.24. The number of carbonyl (C=O) groups is 1. The Balaban J connectivity index is 1.15. The van der Waals surface area contributed by atoms with Gasteiger partial charge in [-0.15, -0.1) is 0 Å². The molecular weight excluding hydrogens is 482 g/mol. The number of rotatable bonds is 9. The topological polar surface area (TPSA) is 71.3 Å². The number of nitrogens with one attached hydrogen (secondary N) is 1. The van der Waals surface area contributed by atoms with E-state index in [1.807, 2.05) is 0 Å². The van der Waals surface area contributed by atoms with Crippen LogP contribution in [0.25, 0.3) is 11.4 Å². The molecule has 0 saturated carbocycles. The number of benzene rings is 2. The van der Waals surface area contributed by atoms with Gasteiger partial charge < -0.3 is 9.84 Å². The molecule has 0 atom stereocenters. The molecule has 180 valence electrons. The summed E-state index contributed by atoms with van der Waals surface area (Å²) in [6.45, 7) is 2.56. The Morgan fingerprint density at radius 3 is 2.68 bits per heavy atom. The molecule has 0 aliphatic carbocycles. The molecule has 1 aliphatic rings. The first-order chi connectivity index (χ1) is 16.5. The van der Waals surface area contributed by atoms with Crippen molar-refractivity contribution >= 4 is 29.3 Å². The van der Waals surface area contributed by atoms with Gasteiger partial charge in [0.2, 0.25) is 17.6 Å². The molecule has 1 saturated heterocycles. The molecule has 3 aromatic rings. The van der Waals surface area contributed by atoms with Crippen molar-refractivity contribution in [2.24, 2.45) is 5.92 Å². The summed E-state index contributed by atoms with van der Waals surface area (Å²) >= 11 is 7.58. The van der Waals surface area contributed by atoms with Crippen molar-refractivity contribution in [1.29, 1.82) is 0 Å². The molecule has 6 nitrogen and oxygen atoms in total. The number of likely N-dealkylation sites (tertiary alicyclic amines) is 1. The van der Waals surface area contributed by atoms with E-state index >= 15 is 0 Å². The third-order valence-electron chi connectivity index (χ3n) is 5.74. The second-order valence-electron chi connectivity index (χ2n) is 8.11. The first-order valence-electron chi connectivity index (χ1n) is 11.1. The number of thioether (sulfide) groups is 1. The third kappa shape index (κ3) is 6.55. The maximum atomic E-state index is 13.8. The summed E-state index contributed by atoms with van der Waals surface area (Å²) in [7, 11) is 0. The van der Waals surface area contributed by atoms with E-state index in [2.05, 4.69) is 20.4 Å². The molecule has 2 aromatic carbocycles. The van der Waals surface area contributed by atoms with Crippen LogP contribution < -0.4 is 5.32 Å². The summed E-state index contributed by atoms with van der Waals surface area (Å²) in [5.74, 6) is 1.49. The van der Waals surface area contributed by atoms with E-state index in [1.54, 1.807) is 24.3 Å². The van der Waals surface area contributed by atoms with Crippen LogP contribution in [0.1, 0.15) is 24.3 Å². The molecule has 1 N–H and O–H groups in total. The molecule has 0 spiro atoms. The van der Waals surface area contributed by atoms with Gasteiger partial charge in [-0.3, -0.25) is 9.69 Å². The predicted molar refractivity (Wildman–Crippen MR) is 128 cm³/mol. The van der Waals surface area contributed by atoms with Crippen molar-refractivity contribution in [1.82, 2.24) is 20.4 Å². The van der Waals surface area contributed by atoms with Crippen molar-refractivity contribution in [2.75, 3.05) is 25.4 Å². The van der Waals surface area contributed by atoms with Gasteiger partial charge in [-0.1, -0.05) is 22.8 Å². The molecular formula is C24H25ClF2N4O2S. The molecule has 4 rings (SSSR count). The van der Waals surface area contributed by atoms with Crippen LogP contribution in [0.15, 0.2) is 47.0 Å². The van der Waals surface area contributed by atoms with E-state index < -0.39 is 0 Å². The van der Waals surface area contributed by atoms with Crippen molar-refractivity contribution in [2.45, 2.75) is 25.1 Å². The smallest absolute Gasteiger partial charge is 0.241 e. The Kier molecular flexibility index (Phi) is 8.53. The summed E-state index contributed by atoms with van der Waals surface area (Å²) in [5, 5.41) is 7.38. The van der Waals surface area contributed by atoms with Crippen molar-refractivity contribution in [3.8, 4) is 11.4 Å². The Morgan fingerprint density at radius 1 is 1.18 bits per heavy atom. The summed E-state index contributed by atoms with van der Waals surface area (Å²) in [5.41, 5.74) is 1.20. The highest BCUT2D eigenvalue weighted by molar-refractivity contribution is 7.98. The summed E-state index contributed by atoms with van der Waals surface area (Å²) in [4.78, 5) is 19.1. The predicted octanol–water partition coefficient (Wildman–Crippen LogP) is 4.93. The van der Waals surface area contributed by atoms with Gasteiger partial charge in [0.25, 0.3) is 0 Å². The van der Waals surface area contributed by atoms with Crippen molar-refractivity contribution < 1.29 is 18.1 Å². The fraction of sp³-hybridized carbons (Fsp3) is 0.375. The lowest BCUT2D eigenvalue weighted by Crippen LogP contribution is -2.40. The minimum Gasteiger partial charge on any atom is -0.355 e. The van der Waals surface area contributed by atoms with E-state index in [0.29, 0.717) is 52.5 Å². The molecule has 0 bridgehead atoms. The van der Waals surface area contributed by atoms with Gasteiger partial charge in [-0.2, -0.15) is 16.7 Å². The average molecular weight is 507 g/mol. The second-order valence-corrected chi connectivity index (χ2v) is 9.63. The summed E-state index contributed by atoms with van der Waals surface area (Å²) in [6.07, 6.45) is 1.51. The molecule has 10 heteroatoms. The van der Waals surface area contributed by atoms with Crippen LogP contribution in [-0.4, -0.2) is 46.3 Å². The first-order valence-corrected chi connectivity index (χ1v) is 12.6. The Morgan fingerprint density at radius 2 is 1.94 bits per heavy atom. The summed E-state index contributed by atoms with van der Waals surface area (Å²) < 4.78 is 32.2. The number of halogens is 3. The van der Waals surface area contributed by atoms with E-state index in [9.17, 15) is 13.6 Å². The standard InChI is InChI=1S/C24H25ClF2N4O2S/c25-20-2-1-3-21(27)19(20)15-34-13-10-28-24(32)17-8-11-31(12-9-17)14-22-29-23(30-33-22)16-4-6-18(26)7-5-16/h1-7,17H,8-15H2,(H,28,32). The quantitative estimate of drug-likeness (QED) is 0.415. The van der Waals surface area contributed by atoms with Crippen LogP contribution in [0, 0.1) is 17.6 Å². The number of piperidine rings is 1. The third-order valence-corrected chi connectivity index (χ3v) is 7.08. The fourth-order valence-electron chi connectivity index (χ4n) is 3.82. The number of carbonyl (C=O) groups excluding carboxylic acids is 1. The van der Waals surface area contributed by atoms with Crippen molar-refractivity contribution in [3.63, 3.8) is 0 Å². The monoisotopic (exact) mass is 506 g/mol. The molecule has 2 heterocycles. The molecule has 1 amide bonds. The van der Waals surface area contributed by atoms with Crippen LogP contribution >= 0.6 is 23.4 Å². The van der Waals surface area contributed by atoms with Crippen molar-refractivity contribution in [3.05, 3.63) is 70.6 Å². The number of amides is 1. The van der Waals surface area contributed by atoms with Gasteiger partial charge in [0.1, 0.15) is 11.6 Å². The van der Waals surface area contributed by atoms with E-state index in [0.717, 1.165) is 25.9 Å². The highest BCUT2D eigenvalue weighted by Gasteiger charge is 2.25. The van der Waals surface area contributed by atoms with Crippen LogP contribution in [-0.2, 0) is 17.1 Å². The molecule has 1 fully saturated rings. The zero-order valence-electron chi connectivity index (χ0n) is 18.5. The molecule has 1 aromatic heterocycles. The normalized spacial score (nSPS) is 14.9. The van der Waals surface area contributed by atoms with Gasteiger partial charge in [-0.05, 0) is 62.3 Å². The average Bonchev–Trinajstić information content (AvgIpc) is 3.30.